The second-order valence-electron chi connectivity index (χ2n) is 10.8. The van der Waals surface area contributed by atoms with Crippen LogP contribution in [0.4, 0.5) is 0 Å². The lowest BCUT2D eigenvalue weighted by molar-refractivity contribution is -0.245. The quantitative estimate of drug-likeness (QED) is 0.517. The molecule has 172 valence electrons. The smallest absolute Gasteiger partial charge is 0.302 e. The van der Waals surface area contributed by atoms with Gasteiger partial charge in [0, 0.05) is 19.3 Å². The van der Waals surface area contributed by atoms with Crippen molar-refractivity contribution in [3.63, 3.8) is 0 Å². The fraction of sp³-hybridized carbons (Fsp3) is 0.792. The molecule has 31 heavy (non-hydrogen) atoms. The summed E-state index contributed by atoms with van der Waals surface area (Å²) in [6, 6.07) is 0. The zero-order valence-corrected chi connectivity index (χ0v) is 18.8. The average molecular weight is 435 g/mol. The highest BCUT2D eigenvalue weighted by molar-refractivity contribution is 6.04. The van der Waals surface area contributed by atoms with E-state index in [2.05, 4.69) is 20.4 Å². The Morgan fingerprint density at radius 2 is 1.77 bits per heavy atom. The van der Waals surface area contributed by atoms with Crippen LogP contribution in [0, 0.1) is 34.0 Å². The number of rotatable bonds is 3. The Morgan fingerprint density at radius 1 is 1.10 bits per heavy atom. The molecule has 0 aromatic rings. The topological polar surface area (TPSA) is 110 Å². The molecule has 2 N–H and O–H groups in total. The first-order valence-electron chi connectivity index (χ1n) is 11.3. The van der Waals surface area contributed by atoms with Crippen molar-refractivity contribution in [3.05, 3.63) is 12.2 Å². The van der Waals surface area contributed by atoms with Crippen molar-refractivity contribution >= 4 is 17.7 Å². The number of hydrogen-bond donors (Lipinski definition) is 2. The number of aliphatic hydroxyl groups excluding tert-OH is 2. The van der Waals surface area contributed by atoms with E-state index in [1.807, 2.05) is 0 Å². The Morgan fingerprint density at radius 3 is 2.39 bits per heavy atom. The first kappa shape index (κ1) is 22.5. The molecular weight excluding hydrogens is 400 g/mol. The molecule has 9 atom stereocenters. The van der Waals surface area contributed by atoms with Gasteiger partial charge in [-0.1, -0.05) is 26.8 Å². The first-order valence-corrected chi connectivity index (χ1v) is 11.3. The number of aliphatic hydroxyl groups is 2. The number of Topliss-reactive ketones (excluding diaryl/α,β-unsaturated/α-hetero) is 1. The number of ether oxygens (including phenoxy) is 2. The molecule has 0 saturated heterocycles. The van der Waals surface area contributed by atoms with Crippen molar-refractivity contribution in [2.24, 2.45) is 34.0 Å². The normalized spacial score (nSPS) is 48.6. The van der Waals surface area contributed by atoms with E-state index < -0.39 is 41.0 Å². The maximum Gasteiger partial charge on any atom is 0.302 e. The van der Waals surface area contributed by atoms with E-state index in [9.17, 15) is 24.6 Å². The van der Waals surface area contributed by atoms with E-state index in [1.54, 1.807) is 0 Å². The molecule has 0 radical (unpaired) electrons. The number of esters is 2. The van der Waals surface area contributed by atoms with Gasteiger partial charge >= 0.3 is 11.9 Å². The number of carbonyl (C=O) groups is 3. The zero-order chi connectivity index (χ0) is 22.9. The third-order valence-corrected chi connectivity index (χ3v) is 9.19. The molecule has 4 aliphatic rings. The lowest BCUT2D eigenvalue weighted by atomic mass is 9.39. The summed E-state index contributed by atoms with van der Waals surface area (Å²) in [4.78, 5) is 36.9. The maximum absolute atomic E-state index is 13.6. The summed E-state index contributed by atoms with van der Waals surface area (Å²) in [6.45, 7) is 11.1. The Kier molecular flexibility index (Phi) is 5.17. The van der Waals surface area contributed by atoms with Gasteiger partial charge in [0.1, 0.15) is 6.10 Å². The monoisotopic (exact) mass is 434 g/mol. The van der Waals surface area contributed by atoms with Crippen molar-refractivity contribution in [1.29, 1.82) is 0 Å². The predicted molar refractivity (Wildman–Crippen MR) is 111 cm³/mol. The van der Waals surface area contributed by atoms with Crippen molar-refractivity contribution in [2.45, 2.75) is 78.1 Å². The van der Waals surface area contributed by atoms with Gasteiger partial charge in [-0.05, 0) is 48.5 Å². The number of fused-ring (bicyclic) bond motifs is 3. The Hall–Kier alpha value is -1.73. The van der Waals surface area contributed by atoms with Crippen LogP contribution in [-0.4, -0.2) is 52.9 Å². The van der Waals surface area contributed by atoms with E-state index in [0.29, 0.717) is 12.8 Å². The molecule has 7 heteroatoms. The number of carbonyl (C=O) groups excluding carboxylic acids is 3. The Balaban J connectivity index is 1.80. The van der Waals surface area contributed by atoms with E-state index >= 15 is 0 Å². The molecule has 0 unspecified atom stereocenters. The molecule has 0 amide bonds. The third-order valence-electron chi connectivity index (χ3n) is 9.19. The van der Waals surface area contributed by atoms with Crippen molar-refractivity contribution in [1.82, 2.24) is 0 Å². The second-order valence-corrected chi connectivity index (χ2v) is 10.8. The molecule has 7 nitrogen and oxygen atoms in total. The first-order chi connectivity index (χ1) is 14.4. The van der Waals surface area contributed by atoms with Gasteiger partial charge < -0.3 is 19.7 Å². The van der Waals surface area contributed by atoms with E-state index in [4.69, 9.17) is 9.47 Å². The van der Waals surface area contributed by atoms with E-state index in [1.165, 1.54) is 13.8 Å². The van der Waals surface area contributed by atoms with Crippen LogP contribution in [0.25, 0.3) is 0 Å². The second kappa shape index (κ2) is 7.14. The van der Waals surface area contributed by atoms with E-state index in [-0.39, 0.29) is 41.2 Å². The van der Waals surface area contributed by atoms with Crippen LogP contribution in [0.5, 0.6) is 0 Å². The summed E-state index contributed by atoms with van der Waals surface area (Å²) in [5.41, 5.74) is -1.81. The van der Waals surface area contributed by atoms with Gasteiger partial charge in [-0.2, -0.15) is 0 Å². The minimum Gasteiger partial charge on any atom is -0.465 e. The molecule has 2 bridgehead atoms. The zero-order valence-electron chi connectivity index (χ0n) is 18.8. The van der Waals surface area contributed by atoms with Gasteiger partial charge in [0.15, 0.2) is 5.78 Å². The highest BCUT2D eigenvalue weighted by Gasteiger charge is 2.76. The molecule has 4 aliphatic carbocycles. The lowest BCUT2D eigenvalue weighted by Gasteiger charge is -2.65. The standard InChI is InChI=1S/C24H34O7/c1-12-19-15(31-14(3)26)9-17-23(5)8-6-7-22(4,11-30-13(2)25)16(23)10-18(27)24(17,20(12)28)21(19)29/h15-19,21,27,29H,1,6-11H2,2-5H3/t15-,16+,17-,18+,19+,21+,22+,23+,24-/m0/s1. The van der Waals surface area contributed by atoms with Gasteiger partial charge in [-0.3, -0.25) is 14.4 Å². The third kappa shape index (κ3) is 2.88. The summed E-state index contributed by atoms with van der Waals surface area (Å²) in [5.74, 6) is -2.15. The number of hydrogen-bond acceptors (Lipinski definition) is 7. The van der Waals surface area contributed by atoms with Crippen LogP contribution in [-0.2, 0) is 23.9 Å². The minimum atomic E-state index is -1.32. The van der Waals surface area contributed by atoms with Crippen molar-refractivity contribution < 1.29 is 34.1 Å². The largest absolute Gasteiger partial charge is 0.465 e. The summed E-state index contributed by atoms with van der Waals surface area (Å²) < 4.78 is 11.0. The lowest BCUT2D eigenvalue weighted by Crippen LogP contribution is -2.69. The van der Waals surface area contributed by atoms with Crippen molar-refractivity contribution in [2.75, 3.05) is 6.61 Å². The van der Waals surface area contributed by atoms with Crippen LogP contribution in [0.2, 0.25) is 0 Å². The Labute approximate surface area is 183 Å². The highest BCUT2D eigenvalue weighted by Crippen LogP contribution is 2.71. The van der Waals surface area contributed by atoms with Crippen molar-refractivity contribution in [3.8, 4) is 0 Å². The molecule has 4 rings (SSSR count). The summed E-state index contributed by atoms with van der Waals surface area (Å²) >= 11 is 0. The van der Waals surface area contributed by atoms with Gasteiger partial charge in [0.25, 0.3) is 0 Å². The summed E-state index contributed by atoms with van der Waals surface area (Å²) in [6.07, 6.45) is 0.515. The van der Waals surface area contributed by atoms with Crippen LogP contribution < -0.4 is 0 Å². The molecule has 0 aliphatic heterocycles. The fourth-order valence-electron chi connectivity index (χ4n) is 7.99. The molecule has 4 saturated carbocycles. The SMILES string of the molecule is C=C1C(=O)[C@@]23[C@H](O)C[C@@H]4[C@@](C)(COC(C)=O)CCC[C@@]4(C)[C@@H]2C[C@H](OC(C)=O)[C@@H]1[C@H]3O. The molecule has 0 aromatic carbocycles. The molecule has 4 fully saturated rings. The van der Waals surface area contributed by atoms with Crippen LogP contribution in [0.3, 0.4) is 0 Å². The van der Waals surface area contributed by atoms with Gasteiger partial charge in [0.05, 0.1) is 30.1 Å². The van der Waals surface area contributed by atoms with Gasteiger partial charge in [0.2, 0.25) is 0 Å². The molecule has 0 aromatic heterocycles. The molecular formula is C24H34O7. The Bertz CT molecular complexity index is 836. The maximum atomic E-state index is 13.6. The fourth-order valence-corrected chi connectivity index (χ4v) is 7.99. The minimum absolute atomic E-state index is 0.0119. The summed E-state index contributed by atoms with van der Waals surface area (Å²) in [7, 11) is 0. The molecule has 1 spiro atoms. The van der Waals surface area contributed by atoms with Gasteiger partial charge in [-0.25, -0.2) is 0 Å². The highest BCUT2D eigenvalue weighted by atomic mass is 16.5. The average Bonchev–Trinajstić information content (AvgIpc) is 2.79. The van der Waals surface area contributed by atoms with Gasteiger partial charge in [-0.15, -0.1) is 0 Å². The predicted octanol–water partition coefficient (Wildman–Crippen LogP) is 2.18. The summed E-state index contributed by atoms with van der Waals surface area (Å²) in [5, 5.41) is 22.8. The molecule has 0 heterocycles. The van der Waals surface area contributed by atoms with Crippen LogP contribution >= 0.6 is 0 Å². The van der Waals surface area contributed by atoms with Crippen LogP contribution in [0.1, 0.15) is 59.8 Å². The number of ketones is 1. The van der Waals surface area contributed by atoms with E-state index in [0.717, 1.165) is 19.3 Å². The van der Waals surface area contributed by atoms with Crippen LogP contribution in [0.15, 0.2) is 12.2 Å².